The lowest BCUT2D eigenvalue weighted by Crippen LogP contribution is -2.00. The fourth-order valence-corrected chi connectivity index (χ4v) is 2.67. The van der Waals surface area contributed by atoms with Gasteiger partial charge in [0.05, 0.1) is 5.75 Å². The lowest BCUT2D eigenvalue weighted by molar-refractivity contribution is -0.116. The first kappa shape index (κ1) is 16.2. The van der Waals surface area contributed by atoms with Gasteiger partial charge in [-0.15, -0.1) is 11.8 Å². The molecule has 1 nitrogen and oxygen atoms in total. The van der Waals surface area contributed by atoms with Crippen molar-refractivity contribution in [3.8, 4) is 0 Å². The van der Waals surface area contributed by atoms with Gasteiger partial charge in [-0.25, -0.2) is 4.39 Å². The second kappa shape index (κ2) is 10.0. The highest BCUT2D eigenvalue weighted by Gasteiger charge is 2.03. The van der Waals surface area contributed by atoms with Gasteiger partial charge >= 0.3 is 0 Å². The van der Waals surface area contributed by atoms with E-state index in [-0.39, 0.29) is 5.82 Å². The molecule has 0 bridgehead atoms. The summed E-state index contributed by atoms with van der Waals surface area (Å²) in [5, 5.41) is 0. The molecule has 0 fully saturated rings. The van der Waals surface area contributed by atoms with E-state index in [1.165, 1.54) is 49.6 Å². The van der Waals surface area contributed by atoms with Crippen molar-refractivity contribution in [2.45, 2.75) is 56.8 Å². The zero-order valence-electron chi connectivity index (χ0n) is 11.7. The summed E-state index contributed by atoms with van der Waals surface area (Å²) in [6, 6.07) is 6.30. The molecule has 1 rings (SSSR count). The van der Waals surface area contributed by atoms with Gasteiger partial charge in [-0.2, -0.15) is 0 Å². The van der Waals surface area contributed by atoms with E-state index < -0.39 is 0 Å². The Kier molecular flexibility index (Phi) is 8.55. The zero-order chi connectivity index (χ0) is 13.9. The number of unbranched alkanes of at least 4 members (excludes halogenated alkanes) is 5. The summed E-state index contributed by atoms with van der Waals surface area (Å²) in [4.78, 5) is 12.6. The number of rotatable bonds is 10. The van der Waals surface area contributed by atoms with E-state index in [1.807, 2.05) is 0 Å². The Labute approximate surface area is 120 Å². The third kappa shape index (κ3) is 8.04. The molecular formula is C16H23FOS. The number of hydrogen-bond acceptors (Lipinski definition) is 2. The van der Waals surface area contributed by atoms with Gasteiger partial charge in [0.25, 0.3) is 0 Å². The number of benzene rings is 1. The van der Waals surface area contributed by atoms with Crippen LogP contribution in [0.5, 0.6) is 0 Å². The number of hydrogen-bond donors (Lipinski definition) is 0. The molecule has 106 valence electrons. The third-order valence-electron chi connectivity index (χ3n) is 3.02. The van der Waals surface area contributed by atoms with E-state index >= 15 is 0 Å². The molecule has 0 saturated heterocycles. The normalized spacial score (nSPS) is 10.6. The highest BCUT2D eigenvalue weighted by atomic mass is 32.2. The molecule has 0 heterocycles. The Hall–Kier alpha value is -0.830. The number of ketones is 1. The number of Topliss-reactive ketones (excluding diaryl/α,β-unsaturated/α-hetero) is 1. The SMILES string of the molecule is CCCCCCCCC(=O)CSc1ccc(F)cc1. The van der Waals surface area contributed by atoms with Gasteiger partial charge in [0, 0.05) is 11.3 Å². The van der Waals surface area contributed by atoms with E-state index in [2.05, 4.69) is 6.92 Å². The molecule has 0 spiro atoms. The third-order valence-corrected chi connectivity index (χ3v) is 4.09. The van der Waals surface area contributed by atoms with Crippen LogP contribution in [0.25, 0.3) is 0 Å². The maximum absolute atomic E-state index is 12.7. The first-order valence-corrected chi connectivity index (χ1v) is 8.11. The summed E-state index contributed by atoms with van der Waals surface area (Å²) in [6.45, 7) is 2.20. The predicted octanol–water partition coefficient (Wildman–Crippen LogP) is 5.24. The average Bonchev–Trinajstić information content (AvgIpc) is 2.42. The summed E-state index contributed by atoms with van der Waals surface area (Å²) in [7, 11) is 0. The summed E-state index contributed by atoms with van der Waals surface area (Å²) >= 11 is 1.49. The molecule has 0 N–H and O–H groups in total. The van der Waals surface area contributed by atoms with Crippen molar-refractivity contribution >= 4 is 17.5 Å². The Morgan fingerprint density at radius 3 is 2.37 bits per heavy atom. The van der Waals surface area contributed by atoms with Gasteiger partial charge in [-0.05, 0) is 30.7 Å². The van der Waals surface area contributed by atoms with Crippen molar-refractivity contribution in [1.29, 1.82) is 0 Å². The molecule has 0 aliphatic heterocycles. The Bertz CT molecular complexity index is 362. The number of carbonyl (C=O) groups is 1. The Balaban J connectivity index is 2.06. The van der Waals surface area contributed by atoms with Crippen LogP contribution in [0.15, 0.2) is 29.2 Å². The highest BCUT2D eigenvalue weighted by molar-refractivity contribution is 8.00. The maximum atomic E-state index is 12.7. The van der Waals surface area contributed by atoms with Crippen LogP contribution in [0, 0.1) is 5.82 Å². The number of thioether (sulfide) groups is 1. The zero-order valence-corrected chi connectivity index (χ0v) is 12.5. The molecule has 0 aromatic heterocycles. The van der Waals surface area contributed by atoms with Crippen molar-refractivity contribution in [2.24, 2.45) is 0 Å². The van der Waals surface area contributed by atoms with Crippen LogP contribution in [-0.2, 0) is 4.79 Å². The minimum absolute atomic E-state index is 0.234. The van der Waals surface area contributed by atoms with Crippen LogP contribution >= 0.6 is 11.8 Å². The Morgan fingerprint density at radius 1 is 1.05 bits per heavy atom. The van der Waals surface area contributed by atoms with Gasteiger partial charge in [-0.3, -0.25) is 4.79 Å². The van der Waals surface area contributed by atoms with Crippen molar-refractivity contribution < 1.29 is 9.18 Å². The van der Waals surface area contributed by atoms with E-state index in [4.69, 9.17) is 0 Å². The van der Waals surface area contributed by atoms with Crippen molar-refractivity contribution in [1.82, 2.24) is 0 Å². The van der Waals surface area contributed by atoms with Crippen LogP contribution in [0.1, 0.15) is 51.9 Å². The topological polar surface area (TPSA) is 17.1 Å². The molecular weight excluding hydrogens is 259 g/mol. The van der Waals surface area contributed by atoms with Crippen LogP contribution in [0.4, 0.5) is 4.39 Å². The fraction of sp³-hybridized carbons (Fsp3) is 0.562. The molecule has 0 saturated carbocycles. The standard InChI is InChI=1S/C16H23FOS/c1-2-3-4-5-6-7-8-15(18)13-19-16-11-9-14(17)10-12-16/h9-12H,2-8,13H2,1H3. The molecule has 0 aliphatic carbocycles. The molecule has 3 heteroatoms. The van der Waals surface area contributed by atoms with Crippen LogP contribution in [0.3, 0.4) is 0 Å². The molecule has 0 atom stereocenters. The van der Waals surface area contributed by atoms with Crippen LogP contribution in [0.2, 0.25) is 0 Å². The number of carbonyl (C=O) groups excluding carboxylic acids is 1. The molecule has 0 aliphatic rings. The first-order valence-electron chi connectivity index (χ1n) is 7.12. The van der Waals surface area contributed by atoms with Crippen LogP contribution < -0.4 is 0 Å². The van der Waals surface area contributed by atoms with E-state index in [9.17, 15) is 9.18 Å². The summed E-state index contributed by atoms with van der Waals surface area (Å²) in [5.74, 6) is 0.563. The van der Waals surface area contributed by atoms with Gasteiger partial charge in [0.1, 0.15) is 11.6 Å². The highest BCUT2D eigenvalue weighted by Crippen LogP contribution is 2.19. The predicted molar refractivity (Wildman–Crippen MR) is 80.1 cm³/mol. The lowest BCUT2D eigenvalue weighted by Gasteiger charge is -2.02. The second-order valence-corrected chi connectivity index (χ2v) is 5.85. The molecule has 1 aromatic rings. The van der Waals surface area contributed by atoms with E-state index in [1.54, 1.807) is 12.1 Å². The van der Waals surface area contributed by atoms with Gasteiger partial charge in [0.15, 0.2) is 0 Å². The summed E-state index contributed by atoms with van der Waals surface area (Å²) < 4.78 is 12.7. The summed E-state index contributed by atoms with van der Waals surface area (Å²) in [5.41, 5.74) is 0. The largest absolute Gasteiger partial charge is 0.299 e. The van der Waals surface area contributed by atoms with Gasteiger partial charge < -0.3 is 0 Å². The molecule has 19 heavy (non-hydrogen) atoms. The molecule has 1 aromatic carbocycles. The van der Waals surface area contributed by atoms with Crippen molar-refractivity contribution in [2.75, 3.05) is 5.75 Å². The lowest BCUT2D eigenvalue weighted by atomic mass is 10.1. The fourth-order valence-electron chi connectivity index (χ4n) is 1.87. The van der Waals surface area contributed by atoms with E-state index in [0.717, 1.165) is 17.7 Å². The quantitative estimate of drug-likeness (QED) is 0.431. The number of halogens is 1. The maximum Gasteiger partial charge on any atom is 0.143 e. The minimum atomic E-state index is -0.234. The first-order chi connectivity index (χ1) is 9.22. The monoisotopic (exact) mass is 282 g/mol. The van der Waals surface area contributed by atoms with Gasteiger partial charge in [0.2, 0.25) is 0 Å². The smallest absolute Gasteiger partial charge is 0.143 e. The molecule has 0 radical (unpaired) electrons. The van der Waals surface area contributed by atoms with Crippen molar-refractivity contribution in [3.63, 3.8) is 0 Å². The van der Waals surface area contributed by atoms with Crippen molar-refractivity contribution in [3.05, 3.63) is 30.1 Å². The van der Waals surface area contributed by atoms with E-state index in [0.29, 0.717) is 18.0 Å². The van der Waals surface area contributed by atoms with Gasteiger partial charge in [-0.1, -0.05) is 39.0 Å². The molecule has 0 amide bonds. The Morgan fingerprint density at radius 2 is 1.68 bits per heavy atom. The summed E-state index contributed by atoms with van der Waals surface area (Å²) in [6.07, 6.45) is 7.93. The molecule has 0 unspecified atom stereocenters. The average molecular weight is 282 g/mol. The van der Waals surface area contributed by atoms with Crippen LogP contribution in [-0.4, -0.2) is 11.5 Å². The minimum Gasteiger partial charge on any atom is -0.299 e. The second-order valence-electron chi connectivity index (χ2n) is 4.80.